The third-order valence-electron chi connectivity index (χ3n) is 7.39. The molecule has 11 heteroatoms. The van der Waals surface area contributed by atoms with Crippen LogP contribution in [-0.2, 0) is 9.53 Å². The van der Waals surface area contributed by atoms with E-state index >= 15 is 0 Å². The fourth-order valence-electron chi connectivity index (χ4n) is 5.28. The molecule has 0 saturated heterocycles. The summed E-state index contributed by atoms with van der Waals surface area (Å²) in [5.74, 6) is 0.993. The minimum Gasteiger partial charge on any atom is -0.497 e. The van der Waals surface area contributed by atoms with Crippen LogP contribution in [0.2, 0.25) is 0 Å². The highest BCUT2D eigenvalue weighted by Crippen LogP contribution is 2.36. The summed E-state index contributed by atoms with van der Waals surface area (Å²) >= 11 is 1.18. The molecule has 6 rings (SSSR count). The number of hydrogen-bond donors (Lipinski definition) is 0. The van der Waals surface area contributed by atoms with Crippen molar-refractivity contribution in [1.29, 1.82) is 0 Å². The van der Waals surface area contributed by atoms with E-state index in [-0.39, 0.29) is 23.4 Å². The van der Waals surface area contributed by atoms with Gasteiger partial charge < -0.3 is 13.9 Å². The Kier molecular flexibility index (Phi) is 8.01. The molecule has 0 radical (unpaired) electrons. The minimum atomic E-state index is -0.821. The molecule has 5 aromatic rings. The van der Waals surface area contributed by atoms with E-state index in [2.05, 4.69) is 0 Å². The maximum atomic E-state index is 14.1. The standard InChI is InChI=1S/C34H27N3O7S/c1-4-43-33(39)29-30(21-8-6-5-7-9-21)35-34-36(31(29)22-10-13-24(42-3)14-11-22)32(38)28(45-34)19-25-15-17-27(44-25)26-16-12-23(37(40)41)18-20(26)2/h5-19,31H,4H2,1-3H3/b28-19-/t31-/m0/s1. The Balaban J connectivity index is 1.52. The van der Waals surface area contributed by atoms with Gasteiger partial charge in [-0.3, -0.25) is 19.5 Å². The SMILES string of the molecule is CCOC(=O)C1=C(c2ccccc2)N=c2s/c(=C\c3ccc(-c4ccc([N+](=O)[O-])cc4C)o3)c(=O)n2[C@H]1c1ccc(OC)cc1. The maximum absolute atomic E-state index is 14.1. The van der Waals surface area contributed by atoms with E-state index in [0.29, 0.717) is 54.6 Å². The number of fused-ring (bicyclic) bond motifs is 1. The molecular weight excluding hydrogens is 594 g/mol. The van der Waals surface area contributed by atoms with Gasteiger partial charge in [-0.05, 0) is 55.3 Å². The first kappa shape index (κ1) is 29.5. The van der Waals surface area contributed by atoms with Gasteiger partial charge in [0.2, 0.25) is 0 Å². The number of methoxy groups -OCH3 is 1. The number of ether oxygens (including phenoxy) is 2. The quantitative estimate of drug-likeness (QED) is 0.129. The number of nitrogens with zero attached hydrogens (tertiary/aromatic N) is 3. The predicted octanol–water partition coefficient (Wildman–Crippen LogP) is 5.42. The number of carbonyl (C=O) groups is 1. The van der Waals surface area contributed by atoms with Gasteiger partial charge in [-0.1, -0.05) is 53.8 Å². The Hall–Kier alpha value is -5.55. The average Bonchev–Trinajstić information content (AvgIpc) is 3.64. The van der Waals surface area contributed by atoms with E-state index in [0.717, 1.165) is 0 Å². The monoisotopic (exact) mass is 621 g/mol. The van der Waals surface area contributed by atoms with Crippen LogP contribution in [-0.4, -0.2) is 29.2 Å². The van der Waals surface area contributed by atoms with Crippen molar-refractivity contribution in [2.45, 2.75) is 19.9 Å². The van der Waals surface area contributed by atoms with Gasteiger partial charge in [-0.2, -0.15) is 0 Å². The average molecular weight is 622 g/mol. The number of aromatic nitrogens is 1. The molecule has 1 aliphatic rings. The molecule has 1 atom stereocenters. The highest BCUT2D eigenvalue weighted by molar-refractivity contribution is 7.07. The first-order valence-corrected chi connectivity index (χ1v) is 14.9. The van der Waals surface area contributed by atoms with Crippen LogP contribution in [0.15, 0.2) is 105 Å². The summed E-state index contributed by atoms with van der Waals surface area (Å²) < 4.78 is 18.8. The van der Waals surface area contributed by atoms with Crippen LogP contribution >= 0.6 is 11.3 Å². The van der Waals surface area contributed by atoms with Crippen molar-refractivity contribution in [2.24, 2.45) is 4.99 Å². The molecule has 0 fully saturated rings. The number of nitro benzene ring substituents is 1. The van der Waals surface area contributed by atoms with Crippen molar-refractivity contribution < 1.29 is 23.6 Å². The normalized spacial score (nSPS) is 14.6. The first-order valence-electron chi connectivity index (χ1n) is 14.1. The molecule has 0 N–H and O–H groups in total. The van der Waals surface area contributed by atoms with E-state index in [9.17, 15) is 19.7 Å². The molecule has 0 spiro atoms. The van der Waals surface area contributed by atoms with Gasteiger partial charge in [-0.15, -0.1) is 0 Å². The zero-order valence-electron chi connectivity index (χ0n) is 24.6. The number of benzene rings is 3. The van der Waals surface area contributed by atoms with Gasteiger partial charge in [0, 0.05) is 29.3 Å². The van der Waals surface area contributed by atoms with Crippen molar-refractivity contribution in [3.63, 3.8) is 0 Å². The minimum absolute atomic E-state index is 0.00684. The van der Waals surface area contributed by atoms with Crippen LogP contribution < -0.4 is 19.6 Å². The topological polar surface area (TPSA) is 126 Å². The zero-order valence-corrected chi connectivity index (χ0v) is 25.4. The summed E-state index contributed by atoms with van der Waals surface area (Å²) in [6.45, 7) is 3.65. The van der Waals surface area contributed by atoms with Crippen LogP contribution in [0.4, 0.5) is 5.69 Å². The fraction of sp³-hybridized carbons (Fsp3) is 0.147. The smallest absolute Gasteiger partial charge is 0.338 e. The van der Waals surface area contributed by atoms with Crippen molar-refractivity contribution in [3.05, 3.63) is 143 Å². The Morgan fingerprint density at radius 1 is 1.09 bits per heavy atom. The Morgan fingerprint density at radius 2 is 1.84 bits per heavy atom. The number of thiazole rings is 1. The second kappa shape index (κ2) is 12.2. The molecule has 1 aliphatic heterocycles. The molecule has 0 unspecified atom stereocenters. The van der Waals surface area contributed by atoms with Gasteiger partial charge in [0.05, 0.1) is 40.5 Å². The van der Waals surface area contributed by atoms with Crippen LogP contribution in [0.3, 0.4) is 0 Å². The molecule has 45 heavy (non-hydrogen) atoms. The van der Waals surface area contributed by atoms with Crippen LogP contribution in [0.1, 0.15) is 35.4 Å². The lowest BCUT2D eigenvalue weighted by atomic mass is 9.93. The Labute approximate surface area is 261 Å². The van der Waals surface area contributed by atoms with Gasteiger partial charge in [0.15, 0.2) is 4.80 Å². The summed E-state index contributed by atoms with van der Waals surface area (Å²) in [4.78, 5) is 43.7. The summed E-state index contributed by atoms with van der Waals surface area (Å²) in [6.07, 6.45) is 1.63. The van der Waals surface area contributed by atoms with Gasteiger partial charge >= 0.3 is 5.97 Å². The number of rotatable bonds is 8. The second-order valence-electron chi connectivity index (χ2n) is 10.2. The number of esters is 1. The second-order valence-corrected chi connectivity index (χ2v) is 11.2. The predicted molar refractivity (Wildman–Crippen MR) is 170 cm³/mol. The number of furan rings is 1. The molecule has 2 aromatic heterocycles. The van der Waals surface area contributed by atoms with Crippen molar-refractivity contribution in [3.8, 4) is 17.1 Å². The number of nitro groups is 1. The van der Waals surface area contributed by atoms with E-state index in [1.54, 1.807) is 57.4 Å². The largest absolute Gasteiger partial charge is 0.497 e. The zero-order chi connectivity index (χ0) is 31.7. The van der Waals surface area contributed by atoms with E-state index in [1.165, 1.54) is 28.0 Å². The van der Waals surface area contributed by atoms with Crippen molar-refractivity contribution in [2.75, 3.05) is 13.7 Å². The molecule has 3 aromatic carbocycles. The van der Waals surface area contributed by atoms with Crippen LogP contribution in [0, 0.1) is 17.0 Å². The van der Waals surface area contributed by atoms with E-state index < -0.39 is 16.9 Å². The van der Waals surface area contributed by atoms with Crippen molar-refractivity contribution in [1.82, 2.24) is 4.57 Å². The third kappa shape index (κ3) is 5.61. The Bertz CT molecular complexity index is 2140. The number of non-ortho nitro benzene ring substituents is 1. The molecule has 0 bridgehead atoms. The molecule has 0 amide bonds. The van der Waals surface area contributed by atoms with Gasteiger partial charge in [0.1, 0.15) is 17.3 Å². The lowest BCUT2D eigenvalue weighted by Crippen LogP contribution is -2.40. The number of hydrogen-bond acceptors (Lipinski definition) is 9. The molecule has 226 valence electrons. The molecular formula is C34H27N3O7S. The highest BCUT2D eigenvalue weighted by Gasteiger charge is 2.35. The number of aryl methyl sites for hydroxylation is 1. The summed E-state index contributed by atoms with van der Waals surface area (Å²) in [7, 11) is 1.57. The molecule has 0 aliphatic carbocycles. The lowest BCUT2D eigenvalue weighted by molar-refractivity contribution is -0.384. The summed E-state index contributed by atoms with van der Waals surface area (Å²) in [5, 5.41) is 11.2. The lowest BCUT2D eigenvalue weighted by Gasteiger charge is -2.26. The highest BCUT2D eigenvalue weighted by atomic mass is 32.1. The van der Waals surface area contributed by atoms with E-state index in [1.807, 2.05) is 42.5 Å². The van der Waals surface area contributed by atoms with Crippen LogP contribution in [0.25, 0.3) is 23.1 Å². The first-order chi connectivity index (χ1) is 21.8. The van der Waals surface area contributed by atoms with E-state index in [4.69, 9.17) is 18.9 Å². The molecule has 10 nitrogen and oxygen atoms in total. The summed E-state index contributed by atoms with van der Waals surface area (Å²) in [6, 6.07) is 23.7. The maximum Gasteiger partial charge on any atom is 0.338 e. The summed E-state index contributed by atoms with van der Waals surface area (Å²) in [5.41, 5.74) is 3.11. The molecule has 3 heterocycles. The molecule has 0 saturated carbocycles. The van der Waals surface area contributed by atoms with Gasteiger partial charge in [-0.25, -0.2) is 9.79 Å². The third-order valence-corrected chi connectivity index (χ3v) is 8.37. The van der Waals surface area contributed by atoms with Crippen LogP contribution in [0.5, 0.6) is 5.75 Å². The number of carbonyl (C=O) groups excluding carboxylic acids is 1. The fourth-order valence-corrected chi connectivity index (χ4v) is 6.27. The Morgan fingerprint density at radius 3 is 2.51 bits per heavy atom. The van der Waals surface area contributed by atoms with Crippen molar-refractivity contribution >= 4 is 34.8 Å². The van der Waals surface area contributed by atoms with Gasteiger partial charge in [0.25, 0.3) is 11.2 Å².